The molecule has 1 aliphatic carbocycles. The Kier molecular flexibility index (Phi) is 5.10. The molecule has 0 radical (unpaired) electrons. The van der Waals surface area contributed by atoms with E-state index in [4.69, 9.17) is 5.11 Å². The van der Waals surface area contributed by atoms with Crippen molar-refractivity contribution in [1.29, 1.82) is 0 Å². The predicted octanol–water partition coefficient (Wildman–Crippen LogP) is 1.76. The van der Waals surface area contributed by atoms with Crippen molar-refractivity contribution in [2.75, 3.05) is 13.2 Å². The van der Waals surface area contributed by atoms with Crippen molar-refractivity contribution in [1.82, 2.24) is 9.88 Å². The minimum atomic E-state index is 0.0717. The van der Waals surface area contributed by atoms with E-state index >= 15 is 0 Å². The molecule has 4 heteroatoms. The molecule has 0 fully saturated rings. The SMILES string of the molecule is O=C(C1CC=CC1)N(CCCO)Cc1ccccn1. The molecular formula is C15H20N2O2. The lowest BCUT2D eigenvalue weighted by atomic mass is 10.1. The summed E-state index contributed by atoms with van der Waals surface area (Å²) in [6.07, 6.45) is 8.13. The molecule has 1 amide bonds. The molecule has 1 aromatic rings. The van der Waals surface area contributed by atoms with Crippen molar-refractivity contribution >= 4 is 5.91 Å². The molecule has 1 heterocycles. The number of amides is 1. The lowest BCUT2D eigenvalue weighted by Crippen LogP contribution is -2.36. The maximum atomic E-state index is 12.4. The highest BCUT2D eigenvalue weighted by Gasteiger charge is 2.24. The van der Waals surface area contributed by atoms with Gasteiger partial charge in [0.25, 0.3) is 0 Å². The number of rotatable bonds is 6. The molecule has 1 aromatic heterocycles. The highest BCUT2D eigenvalue weighted by molar-refractivity contribution is 5.79. The van der Waals surface area contributed by atoms with Crippen LogP contribution in [0.2, 0.25) is 0 Å². The van der Waals surface area contributed by atoms with Crippen LogP contribution >= 0.6 is 0 Å². The molecule has 102 valence electrons. The zero-order valence-electron chi connectivity index (χ0n) is 11.0. The number of carbonyl (C=O) groups excluding carboxylic acids is 1. The van der Waals surface area contributed by atoms with Crippen molar-refractivity contribution in [3.63, 3.8) is 0 Å². The van der Waals surface area contributed by atoms with Crippen LogP contribution in [-0.4, -0.2) is 34.0 Å². The van der Waals surface area contributed by atoms with E-state index in [2.05, 4.69) is 17.1 Å². The van der Waals surface area contributed by atoms with Gasteiger partial charge in [-0.25, -0.2) is 0 Å². The second kappa shape index (κ2) is 7.04. The number of nitrogens with zero attached hydrogens (tertiary/aromatic N) is 2. The van der Waals surface area contributed by atoms with Crippen LogP contribution < -0.4 is 0 Å². The van der Waals surface area contributed by atoms with E-state index < -0.39 is 0 Å². The summed E-state index contributed by atoms with van der Waals surface area (Å²) in [6.45, 7) is 1.22. The van der Waals surface area contributed by atoms with Gasteiger partial charge in [0.15, 0.2) is 0 Å². The van der Waals surface area contributed by atoms with Gasteiger partial charge in [0, 0.05) is 25.3 Å². The van der Waals surface area contributed by atoms with Crippen molar-refractivity contribution in [2.45, 2.75) is 25.8 Å². The molecule has 4 nitrogen and oxygen atoms in total. The first kappa shape index (κ1) is 13.7. The quantitative estimate of drug-likeness (QED) is 0.793. The largest absolute Gasteiger partial charge is 0.396 e. The third kappa shape index (κ3) is 3.89. The van der Waals surface area contributed by atoms with E-state index in [1.165, 1.54) is 0 Å². The van der Waals surface area contributed by atoms with E-state index in [-0.39, 0.29) is 18.4 Å². The maximum absolute atomic E-state index is 12.4. The normalized spacial score (nSPS) is 14.8. The molecule has 0 saturated carbocycles. The molecule has 0 aromatic carbocycles. The van der Waals surface area contributed by atoms with E-state index in [9.17, 15) is 4.79 Å². The van der Waals surface area contributed by atoms with Crippen LogP contribution in [0.5, 0.6) is 0 Å². The van der Waals surface area contributed by atoms with Crippen LogP contribution in [0.1, 0.15) is 25.0 Å². The summed E-state index contributed by atoms with van der Waals surface area (Å²) in [7, 11) is 0. The highest BCUT2D eigenvalue weighted by Crippen LogP contribution is 2.21. The van der Waals surface area contributed by atoms with Crippen LogP contribution in [0.25, 0.3) is 0 Å². The Balaban J connectivity index is 2.00. The zero-order valence-corrected chi connectivity index (χ0v) is 11.0. The number of hydrogen-bond donors (Lipinski definition) is 1. The van der Waals surface area contributed by atoms with Gasteiger partial charge in [-0.2, -0.15) is 0 Å². The molecular weight excluding hydrogens is 240 g/mol. The number of pyridine rings is 1. The smallest absolute Gasteiger partial charge is 0.226 e. The van der Waals surface area contributed by atoms with Crippen LogP contribution in [-0.2, 0) is 11.3 Å². The summed E-state index contributed by atoms with van der Waals surface area (Å²) in [5.41, 5.74) is 0.889. The van der Waals surface area contributed by atoms with Crippen molar-refractivity contribution < 1.29 is 9.90 Å². The predicted molar refractivity (Wildman–Crippen MR) is 73.2 cm³/mol. The second-order valence-corrected chi connectivity index (χ2v) is 4.80. The number of allylic oxidation sites excluding steroid dienone is 2. The standard InChI is InChI=1S/C15H20N2O2/c18-11-5-10-17(12-14-8-3-4-9-16-14)15(19)13-6-1-2-7-13/h1-4,8-9,13,18H,5-7,10-12H2. The zero-order chi connectivity index (χ0) is 13.5. The summed E-state index contributed by atoms with van der Waals surface area (Å²) >= 11 is 0. The summed E-state index contributed by atoms with van der Waals surface area (Å²) in [5, 5.41) is 8.96. The minimum Gasteiger partial charge on any atom is -0.396 e. The molecule has 1 N–H and O–H groups in total. The first-order chi connectivity index (χ1) is 9.31. The van der Waals surface area contributed by atoms with E-state index in [0.717, 1.165) is 18.5 Å². The average molecular weight is 260 g/mol. The van der Waals surface area contributed by atoms with Crippen molar-refractivity contribution in [3.8, 4) is 0 Å². The third-order valence-corrected chi connectivity index (χ3v) is 3.33. The van der Waals surface area contributed by atoms with Crippen LogP contribution in [0, 0.1) is 5.92 Å². The molecule has 0 aliphatic heterocycles. The number of carbonyl (C=O) groups is 1. The highest BCUT2D eigenvalue weighted by atomic mass is 16.3. The molecule has 0 saturated heterocycles. The van der Waals surface area contributed by atoms with Gasteiger partial charge in [0.05, 0.1) is 12.2 Å². The molecule has 0 spiro atoms. The summed E-state index contributed by atoms with van der Waals surface area (Å²) < 4.78 is 0. The van der Waals surface area contributed by atoms with Gasteiger partial charge in [0.1, 0.15) is 0 Å². The second-order valence-electron chi connectivity index (χ2n) is 4.80. The lowest BCUT2D eigenvalue weighted by molar-refractivity contribution is -0.136. The Hall–Kier alpha value is -1.68. The van der Waals surface area contributed by atoms with E-state index in [1.54, 1.807) is 6.20 Å². The lowest BCUT2D eigenvalue weighted by Gasteiger charge is -2.25. The van der Waals surface area contributed by atoms with Gasteiger partial charge < -0.3 is 10.0 Å². The summed E-state index contributed by atoms with van der Waals surface area (Å²) in [4.78, 5) is 18.5. The van der Waals surface area contributed by atoms with Crippen LogP contribution in [0.15, 0.2) is 36.5 Å². The number of hydrogen-bond acceptors (Lipinski definition) is 3. The molecule has 1 aliphatic rings. The number of aliphatic hydroxyl groups is 1. The van der Waals surface area contributed by atoms with Gasteiger partial charge in [-0.05, 0) is 31.4 Å². The summed E-state index contributed by atoms with van der Waals surface area (Å²) in [6, 6.07) is 5.71. The van der Waals surface area contributed by atoms with Gasteiger partial charge in [0.2, 0.25) is 5.91 Å². The fourth-order valence-electron chi connectivity index (χ4n) is 2.29. The molecule has 2 rings (SSSR count). The van der Waals surface area contributed by atoms with Crippen molar-refractivity contribution in [2.24, 2.45) is 5.92 Å². The van der Waals surface area contributed by atoms with Crippen LogP contribution in [0.3, 0.4) is 0 Å². The molecule has 0 atom stereocenters. The number of aromatic nitrogens is 1. The van der Waals surface area contributed by atoms with Crippen molar-refractivity contribution in [3.05, 3.63) is 42.2 Å². The monoisotopic (exact) mass is 260 g/mol. The van der Waals surface area contributed by atoms with Gasteiger partial charge in [-0.1, -0.05) is 18.2 Å². The molecule has 0 bridgehead atoms. The van der Waals surface area contributed by atoms with Crippen LogP contribution in [0.4, 0.5) is 0 Å². The van der Waals surface area contributed by atoms with Gasteiger partial charge in [-0.15, -0.1) is 0 Å². The first-order valence-corrected chi connectivity index (χ1v) is 6.76. The van der Waals surface area contributed by atoms with E-state index in [0.29, 0.717) is 19.5 Å². The number of aliphatic hydroxyl groups excluding tert-OH is 1. The Morgan fingerprint density at radius 3 is 2.79 bits per heavy atom. The van der Waals surface area contributed by atoms with Gasteiger partial charge >= 0.3 is 0 Å². The fraction of sp³-hybridized carbons (Fsp3) is 0.467. The average Bonchev–Trinajstić information content (AvgIpc) is 2.98. The topological polar surface area (TPSA) is 53.4 Å². The Morgan fingerprint density at radius 2 is 2.16 bits per heavy atom. The van der Waals surface area contributed by atoms with Gasteiger partial charge in [-0.3, -0.25) is 9.78 Å². The first-order valence-electron chi connectivity index (χ1n) is 6.76. The molecule has 0 unspecified atom stereocenters. The maximum Gasteiger partial charge on any atom is 0.226 e. The third-order valence-electron chi connectivity index (χ3n) is 3.33. The Labute approximate surface area is 113 Å². The Bertz CT molecular complexity index is 423. The fourth-order valence-corrected chi connectivity index (χ4v) is 2.29. The Morgan fingerprint density at radius 1 is 1.37 bits per heavy atom. The van der Waals surface area contributed by atoms with E-state index in [1.807, 2.05) is 23.1 Å². The molecule has 19 heavy (non-hydrogen) atoms. The minimum absolute atomic E-state index is 0.0717. The summed E-state index contributed by atoms with van der Waals surface area (Å²) in [5.74, 6) is 0.242.